The van der Waals surface area contributed by atoms with E-state index in [4.69, 9.17) is 10.5 Å². The van der Waals surface area contributed by atoms with Gasteiger partial charge in [-0.2, -0.15) is 5.10 Å². The van der Waals surface area contributed by atoms with Crippen molar-refractivity contribution in [3.8, 4) is 0 Å². The Morgan fingerprint density at radius 2 is 2.29 bits per heavy atom. The summed E-state index contributed by atoms with van der Waals surface area (Å²) < 4.78 is 7.41. The summed E-state index contributed by atoms with van der Waals surface area (Å²) in [5.41, 5.74) is 7.89. The summed E-state index contributed by atoms with van der Waals surface area (Å²) in [4.78, 5) is 0. The number of rotatable bonds is 3. The molecule has 2 rings (SSSR count). The number of aromatic nitrogens is 2. The average molecular weight is 195 g/mol. The van der Waals surface area contributed by atoms with Crippen LogP contribution in [0.1, 0.15) is 30.5 Å². The molecule has 78 valence electrons. The van der Waals surface area contributed by atoms with Crippen LogP contribution in [0.15, 0.2) is 0 Å². The van der Waals surface area contributed by atoms with Crippen molar-refractivity contribution in [2.24, 2.45) is 7.05 Å². The molecular formula is C10H17N3O. The first-order chi connectivity index (χ1) is 6.68. The molecule has 0 bridgehead atoms. The molecule has 14 heavy (non-hydrogen) atoms. The van der Waals surface area contributed by atoms with Crippen LogP contribution < -0.4 is 5.73 Å². The van der Waals surface area contributed by atoms with Crippen LogP contribution in [0.25, 0.3) is 0 Å². The molecule has 0 amide bonds. The van der Waals surface area contributed by atoms with Gasteiger partial charge in [0, 0.05) is 12.6 Å². The molecule has 0 radical (unpaired) electrons. The lowest BCUT2D eigenvalue weighted by Gasteiger charge is -2.25. The zero-order chi connectivity index (χ0) is 10.1. The first-order valence-corrected chi connectivity index (χ1v) is 5.08. The number of nitrogen functional groups attached to an aromatic ring is 1. The molecule has 1 aromatic heterocycles. The lowest BCUT2D eigenvalue weighted by atomic mass is 9.96. The second-order valence-electron chi connectivity index (χ2n) is 3.94. The maximum Gasteiger partial charge on any atom is 0.127 e. The van der Waals surface area contributed by atoms with Crippen molar-refractivity contribution >= 4 is 5.82 Å². The van der Waals surface area contributed by atoms with E-state index in [-0.39, 0.29) is 0 Å². The summed E-state index contributed by atoms with van der Waals surface area (Å²) in [6.07, 6.45) is 4.14. The number of nitrogens with two attached hydrogens (primary N) is 1. The van der Waals surface area contributed by atoms with Crippen LogP contribution in [-0.4, -0.2) is 15.9 Å². The fourth-order valence-corrected chi connectivity index (χ4v) is 1.64. The smallest absolute Gasteiger partial charge is 0.127 e. The summed E-state index contributed by atoms with van der Waals surface area (Å²) in [5, 5.41) is 4.24. The van der Waals surface area contributed by atoms with Gasteiger partial charge in [-0.25, -0.2) is 0 Å². The Morgan fingerprint density at radius 1 is 1.57 bits per heavy atom. The van der Waals surface area contributed by atoms with E-state index >= 15 is 0 Å². The van der Waals surface area contributed by atoms with Crippen molar-refractivity contribution in [1.29, 1.82) is 0 Å². The van der Waals surface area contributed by atoms with Crippen LogP contribution in [0.3, 0.4) is 0 Å². The normalized spacial score (nSPS) is 17.0. The van der Waals surface area contributed by atoms with Gasteiger partial charge in [-0.15, -0.1) is 0 Å². The molecule has 0 atom stereocenters. The van der Waals surface area contributed by atoms with Crippen molar-refractivity contribution in [3.05, 3.63) is 11.3 Å². The maximum absolute atomic E-state index is 5.87. The van der Waals surface area contributed by atoms with Gasteiger partial charge >= 0.3 is 0 Å². The standard InChI is InChI=1S/C10H17N3O/c1-7-9(10(11)13(2)12-7)6-14-8-4-3-5-8/h8H,3-6,11H2,1-2H3. The molecule has 1 saturated carbocycles. The Bertz CT molecular complexity index is 328. The summed E-state index contributed by atoms with van der Waals surface area (Å²) in [6.45, 7) is 2.58. The number of anilines is 1. The van der Waals surface area contributed by atoms with E-state index in [9.17, 15) is 0 Å². The third kappa shape index (κ3) is 1.62. The van der Waals surface area contributed by atoms with E-state index in [1.54, 1.807) is 4.68 Å². The van der Waals surface area contributed by atoms with Crippen molar-refractivity contribution in [2.45, 2.75) is 38.9 Å². The van der Waals surface area contributed by atoms with Gasteiger partial charge in [-0.05, 0) is 26.2 Å². The Balaban J connectivity index is 2.00. The largest absolute Gasteiger partial charge is 0.384 e. The molecular weight excluding hydrogens is 178 g/mol. The summed E-state index contributed by atoms with van der Waals surface area (Å²) in [6, 6.07) is 0. The third-order valence-corrected chi connectivity index (χ3v) is 2.91. The van der Waals surface area contributed by atoms with E-state index in [0.29, 0.717) is 12.7 Å². The molecule has 1 aliphatic rings. The van der Waals surface area contributed by atoms with Gasteiger partial charge in [0.1, 0.15) is 5.82 Å². The SMILES string of the molecule is Cc1nn(C)c(N)c1COC1CCC1. The highest BCUT2D eigenvalue weighted by Crippen LogP contribution is 2.25. The minimum atomic E-state index is 0.453. The molecule has 1 heterocycles. The predicted octanol–water partition coefficient (Wildman–Crippen LogP) is 1.38. The third-order valence-electron chi connectivity index (χ3n) is 2.91. The summed E-state index contributed by atoms with van der Waals surface area (Å²) in [7, 11) is 1.86. The van der Waals surface area contributed by atoms with E-state index in [1.165, 1.54) is 19.3 Å². The van der Waals surface area contributed by atoms with Gasteiger partial charge in [0.25, 0.3) is 0 Å². The quantitative estimate of drug-likeness (QED) is 0.792. The zero-order valence-electron chi connectivity index (χ0n) is 8.79. The van der Waals surface area contributed by atoms with Crippen molar-refractivity contribution in [1.82, 2.24) is 9.78 Å². The highest BCUT2D eigenvalue weighted by molar-refractivity contribution is 5.42. The molecule has 2 N–H and O–H groups in total. The van der Waals surface area contributed by atoms with E-state index in [2.05, 4.69) is 5.10 Å². The predicted molar refractivity (Wildman–Crippen MR) is 54.8 cm³/mol. The topological polar surface area (TPSA) is 53.1 Å². The minimum Gasteiger partial charge on any atom is -0.384 e. The van der Waals surface area contributed by atoms with E-state index < -0.39 is 0 Å². The van der Waals surface area contributed by atoms with Crippen LogP contribution >= 0.6 is 0 Å². The van der Waals surface area contributed by atoms with Crippen LogP contribution in [0.4, 0.5) is 5.82 Å². The highest BCUT2D eigenvalue weighted by Gasteiger charge is 2.19. The van der Waals surface area contributed by atoms with Crippen LogP contribution in [0.2, 0.25) is 0 Å². The van der Waals surface area contributed by atoms with Gasteiger partial charge in [0.05, 0.1) is 18.4 Å². The molecule has 1 fully saturated rings. The molecule has 0 unspecified atom stereocenters. The molecule has 0 aromatic carbocycles. The Morgan fingerprint density at radius 3 is 2.71 bits per heavy atom. The van der Waals surface area contributed by atoms with Crippen molar-refractivity contribution in [2.75, 3.05) is 5.73 Å². The average Bonchev–Trinajstić information content (AvgIpc) is 2.28. The number of hydrogen-bond acceptors (Lipinski definition) is 3. The molecule has 4 heteroatoms. The lowest BCUT2D eigenvalue weighted by molar-refractivity contribution is -0.00861. The Labute approximate surface area is 84.0 Å². The zero-order valence-corrected chi connectivity index (χ0v) is 8.79. The lowest BCUT2D eigenvalue weighted by Crippen LogP contribution is -2.21. The monoisotopic (exact) mass is 195 g/mol. The second-order valence-corrected chi connectivity index (χ2v) is 3.94. The van der Waals surface area contributed by atoms with E-state index in [1.807, 2.05) is 14.0 Å². The molecule has 0 saturated heterocycles. The minimum absolute atomic E-state index is 0.453. The first-order valence-electron chi connectivity index (χ1n) is 5.08. The van der Waals surface area contributed by atoms with Crippen molar-refractivity contribution in [3.63, 3.8) is 0 Å². The van der Waals surface area contributed by atoms with Gasteiger partial charge in [-0.1, -0.05) is 0 Å². The van der Waals surface area contributed by atoms with E-state index in [0.717, 1.165) is 17.1 Å². The molecule has 1 aliphatic carbocycles. The summed E-state index contributed by atoms with van der Waals surface area (Å²) in [5.74, 6) is 0.724. The van der Waals surface area contributed by atoms with Crippen LogP contribution in [0, 0.1) is 6.92 Å². The Kier molecular flexibility index (Phi) is 2.46. The molecule has 0 spiro atoms. The number of aryl methyl sites for hydroxylation is 2. The number of hydrogen-bond donors (Lipinski definition) is 1. The van der Waals surface area contributed by atoms with Crippen molar-refractivity contribution < 1.29 is 4.74 Å². The highest BCUT2D eigenvalue weighted by atomic mass is 16.5. The molecule has 4 nitrogen and oxygen atoms in total. The maximum atomic E-state index is 5.87. The Hall–Kier alpha value is -1.03. The summed E-state index contributed by atoms with van der Waals surface area (Å²) >= 11 is 0. The van der Waals surface area contributed by atoms with Crippen LogP contribution in [-0.2, 0) is 18.4 Å². The molecule has 1 aromatic rings. The van der Waals surface area contributed by atoms with Crippen LogP contribution in [0.5, 0.6) is 0 Å². The second kappa shape index (κ2) is 3.61. The van der Waals surface area contributed by atoms with Gasteiger partial charge in [0.2, 0.25) is 0 Å². The van der Waals surface area contributed by atoms with Gasteiger partial charge in [0.15, 0.2) is 0 Å². The fourth-order valence-electron chi connectivity index (χ4n) is 1.64. The number of nitrogens with zero attached hydrogens (tertiary/aromatic N) is 2. The fraction of sp³-hybridized carbons (Fsp3) is 0.700. The number of ether oxygens (including phenoxy) is 1. The van der Waals surface area contributed by atoms with Gasteiger partial charge < -0.3 is 10.5 Å². The molecule has 0 aliphatic heterocycles. The van der Waals surface area contributed by atoms with Gasteiger partial charge in [-0.3, -0.25) is 4.68 Å². The first kappa shape index (κ1) is 9.52.